The average molecular weight is 1300 g/mol. The minimum absolute atomic E-state index is 0.00777. The van der Waals surface area contributed by atoms with Gasteiger partial charge in [0.1, 0.15) is 60.4 Å². The molecule has 0 bridgehead atoms. The molecular weight excluding hydrogens is 1180 g/mol. The molecule has 0 radical (unpaired) electrons. The molecule has 27 nitrogen and oxygen atoms in total. The first-order chi connectivity index (χ1) is 42.8. The van der Waals surface area contributed by atoms with Gasteiger partial charge in [0.05, 0.1) is 18.8 Å². The van der Waals surface area contributed by atoms with Crippen LogP contribution >= 0.6 is 0 Å². The molecule has 1 aliphatic rings. The standard InChI is InChI=1S/C65H116N14O13/c1-24-29-42(14)55(81)54-59(85)70-46(26-3)61(87)79(31-25-2)36-50(80)76(21)53(45(17)92-32-28-27-30-67-72-66)58(84)71-51(40(10)11)64(90)73(18)47(33-37(4)5)57(83)68-43(15)56(82)69-44(16)60(86)74(19)48(34-38(6)7)62(88)75(20)49(35-39(8)9)63(89)77(22)52(41(12)13)65(91)78(54)23/h24,29,37-49,51-55,81H,25-28,30-36H2,1-23H3,(H,68,83)(H,69,82)(H,70,85)(H,71,84)/b29-24+/t42-,43+,44-,45-,46+,47+,48+,49+,51+,52+,53?,54+,55-/m1/s1. The van der Waals surface area contributed by atoms with Gasteiger partial charge in [-0.2, -0.15) is 0 Å². The maximum absolute atomic E-state index is 15.2. The molecular formula is C65H116N14O13. The highest BCUT2D eigenvalue weighted by Crippen LogP contribution is 2.25. The number of aliphatic hydroxyl groups is 1. The number of hydrogen-bond acceptors (Lipinski definition) is 14. The zero-order chi connectivity index (χ0) is 70.9. The molecule has 0 spiro atoms. The molecule has 0 aromatic heterocycles. The number of ether oxygens (including phenoxy) is 1. The van der Waals surface area contributed by atoms with E-state index in [1.165, 1.54) is 80.6 Å². The van der Waals surface area contributed by atoms with Gasteiger partial charge in [-0.15, -0.1) is 0 Å². The largest absolute Gasteiger partial charge is 0.390 e. The Kier molecular flexibility index (Phi) is 35.8. The molecule has 11 amide bonds. The SMILES string of the molecule is C/C=C/[C@@H](C)[C@@H](O)[C@H]1C(=O)N[C@@H](CC)C(=O)N(CCC)CC(=O)N(C)C([C@@H](C)OCCCCN=[N+]=[N-])C(=O)N[C@@H](C(C)C)C(=O)N(C)[C@@H](CC(C)C)C(=O)N[C@@H](C)C(=O)N[C@H](C)C(=O)N(C)[C@@H](CC(C)C)C(=O)N(C)[C@@H](CC(C)C)C(=O)N(C)[C@@H](C(C)C)C(=O)N1C. The summed E-state index contributed by atoms with van der Waals surface area (Å²) in [6.07, 6.45) is 2.28. The summed E-state index contributed by atoms with van der Waals surface area (Å²) in [6.45, 7) is 28.8. The molecule has 0 aliphatic carbocycles. The smallest absolute Gasteiger partial charge is 0.246 e. The zero-order valence-electron chi connectivity index (χ0n) is 59.6. The number of likely N-dealkylation sites (N-methyl/N-ethyl adjacent to an activating group) is 6. The Morgan fingerprint density at radius 2 is 1.05 bits per heavy atom. The number of azide groups is 1. The van der Waals surface area contributed by atoms with Crippen LogP contribution in [-0.4, -0.2) is 246 Å². The van der Waals surface area contributed by atoms with E-state index in [9.17, 15) is 43.5 Å². The highest BCUT2D eigenvalue weighted by molar-refractivity contribution is 5.99. The van der Waals surface area contributed by atoms with Gasteiger partial charge in [-0.1, -0.05) is 107 Å². The van der Waals surface area contributed by atoms with Crippen LogP contribution in [0, 0.1) is 35.5 Å². The van der Waals surface area contributed by atoms with E-state index < -0.39 is 162 Å². The van der Waals surface area contributed by atoms with E-state index in [4.69, 9.17) is 10.3 Å². The Bertz CT molecular complexity index is 2560. The summed E-state index contributed by atoms with van der Waals surface area (Å²) in [4.78, 5) is 174. The fourth-order valence-corrected chi connectivity index (χ4v) is 11.4. The van der Waals surface area contributed by atoms with E-state index in [0.29, 0.717) is 19.3 Å². The van der Waals surface area contributed by atoms with Crippen molar-refractivity contribution in [3.8, 4) is 0 Å². The van der Waals surface area contributed by atoms with E-state index in [1.54, 1.807) is 74.5 Å². The normalized spacial score (nSPS) is 25.9. The molecule has 0 aromatic rings. The average Bonchev–Trinajstić information content (AvgIpc) is 0.858. The van der Waals surface area contributed by atoms with Crippen molar-refractivity contribution < 1.29 is 62.6 Å². The van der Waals surface area contributed by atoms with Gasteiger partial charge in [-0.3, -0.25) is 52.7 Å². The van der Waals surface area contributed by atoms with Crippen molar-refractivity contribution in [2.45, 2.75) is 235 Å². The van der Waals surface area contributed by atoms with Gasteiger partial charge in [0.15, 0.2) is 0 Å². The molecule has 92 heavy (non-hydrogen) atoms. The second-order valence-electron chi connectivity index (χ2n) is 26.8. The Morgan fingerprint density at radius 3 is 1.54 bits per heavy atom. The number of unbranched alkanes of at least 4 members (excludes halogenated alkanes) is 1. The highest BCUT2D eigenvalue weighted by Gasteiger charge is 2.46. The zero-order valence-corrected chi connectivity index (χ0v) is 59.6. The molecule has 0 aromatic carbocycles. The molecule has 1 saturated heterocycles. The van der Waals surface area contributed by atoms with Gasteiger partial charge in [0.2, 0.25) is 65.0 Å². The van der Waals surface area contributed by atoms with Crippen molar-refractivity contribution in [2.24, 2.45) is 40.6 Å². The maximum atomic E-state index is 15.2. The number of carbonyl (C=O) groups is 11. The predicted octanol–water partition coefficient (Wildman–Crippen LogP) is 4.11. The molecule has 5 N–H and O–H groups in total. The van der Waals surface area contributed by atoms with Gasteiger partial charge in [-0.25, -0.2) is 0 Å². The summed E-state index contributed by atoms with van der Waals surface area (Å²) in [7, 11) is 8.40. The summed E-state index contributed by atoms with van der Waals surface area (Å²) in [6, 6.07) is -13.1. The van der Waals surface area contributed by atoms with Gasteiger partial charge in [0, 0.05) is 72.8 Å². The first kappa shape index (κ1) is 83.2. The summed E-state index contributed by atoms with van der Waals surface area (Å²) in [5.74, 6) is -10.4. The molecule has 1 unspecified atom stereocenters. The van der Waals surface area contributed by atoms with E-state index in [-0.39, 0.29) is 63.1 Å². The van der Waals surface area contributed by atoms with Gasteiger partial charge in [0.25, 0.3) is 0 Å². The third-order valence-corrected chi connectivity index (χ3v) is 16.9. The van der Waals surface area contributed by atoms with Crippen molar-refractivity contribution in [3.05, 3.63) is 22.6 Å². The van der Waals surface area contributed by atoms with Gasteiger partial charge >= 0.3 is 0 Å². The first-order valence-electron chi connectivity index (χ1n) is 32.8. The van der Waals surface area contributed by atoms with Crippen molar-refractivity contribution in [2.75, 3.05) is 68.5 Å². The van der Waals surface area contributed by atoms with Crippen molar-refractivity contribution in [3.63, 3.8) is 0 Å². The Morgan fingerprint density at radius 1 is 0.565 bits per heavy atom. The van der Waals surface area contributed by atoms with Crippen LogP contribution in [0.25, 0.3) is 10.4 Å². The molecule has 27 heteroatoms. The topological polar surface area (TPSA) is 337 Å². The summed E-state index contributed by atoms with van der Waals surface area (Å²) in [5, 5.41) is 26.7. The molecule has 0 saturated carbocycles. The monoisotopic (exact) mass is 1300 g/mol. The number of nitrogens with zero attached hydrogens (tertiary/aromatic N) is 10. The lowest BCUT2D eigenvalue weighted by atomic mass is 9.93. The fourth-order valence-electron chi connectivity index (χ4n) is 11.4. The van der Waals surface area contributed by atoms with Crippen molar-refractivity contribution in [1.29, 1.82) is 0 Å². The second kappa shape index (κ2) is 39.6. The third kappa shape index (κ3) is 23.9. The van der Waals surface area contributed by atoms with Crippen molar-refractivity contribution >= 4 is 65.0 Å². The molecule has 1 aliphatic heterocycles. The van der Waals surface area contributed by atoms with Crippen LogP contribution in [0.4, 0.5) is 0 Å². The third-order valence-electron chi connectivity index (χ3n) is 16.9. The van der Waals surface area contributed by atoms with Crippen LogP contribution in [0.15, 0.2) is 17.3 Å². The lowest BCUT2D eigenvalue weighted by Crippen LogP contribution is -2.63. The highest BCUT2D eigenvalue weighted by atomic mass is 16.5. The number of hydrogen-bond donors (Lipinski definition) is 5. The van der Waals surface area contributed by atoms with Crippen LogP contribution in [0.3, 0.4) is 0 Å². The second-order valence-corrected chi connectivity index (χ2v) is 26.8. The van der Waals surface area contributed by atoms with E-state index in [0.717, 1.165) is 9.80 Å². The maximum Gasteiger partial charge on any atom is 0.246 e. The molecule has 524 valence electrons. The quantitative estimate of drug-likeness (QED) is 0.0356. The summed E-state index contributed by atoms with van der Waals surface area (Å²) < 4.78 is 6.16. The van der Waals surface area contributed by atoms with E-state index >= 15 is 14.4 Å². The van der Waals surface area contributed by atoms with Crippen LogP contribution < -0.4 is 21.3 Å². The number of allylic oxidation sites excluding steroid dienone is 1. The van der Waals surface area contributed by atoms with Crippen LogP contribution in [-0.2, 0) is 57.5 Å². The van der Waals surface area contributed by atoms with Gasteiger partial charge < -0.3 is 65.4 Å². The number of rotatable bonds is 21. The van der Waals surface area contributed by atoms with Crippen LogP contribution in [0.5, 0.6) is 0 Å². The number of nitrogens with one attached hydrogen (secondary N) is 4. The Labute approximate surface area is 548 Å². The molecule has 1 heterocycles. The lowest BCUT2D eigenvalue weighted by Gasteiger charge is -2.41. The van der Waals surface area contributed by atoms with E-state index in [2.05, 4.69) is 31.3 Å². The molecule has 1 rings (SSSR count). The number of aliphatic hydroxyl groups excluding tert-OH is 1. The minimum atomic E-state index is -1.67. The summed E-state index contributed by atoms with van der Waals surface area (Å²) >= 11 is 0. The summed E-state index contributed by atoms with van der Waals surface area (Å²) in [5.41, 5.74) is 8.80. The number of amides is 11. The van der Waals surface area contributed by atoms with Gasteiger partial charge in [-0.05, 0) is 108 Å². The fraction of sp³-hybridized carbons (Fsp3) is 0.800. The predicted molar refractivity (Wildman–Crippen MR) is 352 cm³/mol. The minimum Gasteiger partial charge on any atom is -0.390 e. The number of carbonyl (C=O) groups excluding carboxylic acids is 11. The Hall–Kier alpha value is -6.86. The van der Waals surface area contributed by atoms with Crippen molar-refractivity contribution in [1.82, 2.24) is 55.6 Å². The first-order valence-corrected chi connectivity index (χ1v) is 32.8. The van der Waals surface area contributed by atoms with Crippen LogP contribution in [0.2, 0.25) is 0 Å². The Balaban J connectivity index is 4.45. The molecule has 13 atom stereocenters. The molecule has 1 fully saturated rings. The van der Waals surface area contributed by atoms with E-state index in [1.807, 2.05) is 41.5 Å². The van der Waals surface area contributed by atoms with Crippen LogP contribution in [0.1, 0.15) is 163 Å². The lowest BCUT2D eigenvalue weighted by molar-refractivity contribution is -0.157.